The quantitative estimate of drug-likeness (QED) is 0.272. The van der Waals surface area contributed by atoms with Gasteiger partial charge in [-0.25, -0.2) is 0 Å². The monoisotopic (exact) mass is 314 g/mol. The van der Waals surface area contributed by atoms with Crippen molar-refractivity contribution in [2.45, 2.75) is 104 Å². The molecular formula is C19H38O3. The Balaban J connectivity index is 3.09. The van der Waals surface area contributed by atoms with Crippen LogP contribution in [0.3, 0.4) is 0 Å². The third-order valence-electron chi connectivity index (χ3n) is 3.92. The molecule has 0 spiro atoms. The minimum absolute atomic E-state index is 0.0107. The summed E-state index contributed by atoms with van der Waals surface area (Å²) in [5.74, 6) is -0.235. The molecule has 0 aromatic rings. The molecule has 0 bridgehead atoms. The summed E-state index contributed by atoms with van der Waals surface area (Å²) in [6.07, 6.45) is 16.3. The number of unbranched alkanes of at least 4 members (excludes halogenated alkanes) is 11. The topological polar surface area (TPSA) is 35.5 Å². The van der Waals surface area contributed by atoms with Gasteiger partial charge in [-0.1, -0.05) is 77.6 Å². The van der Waals surface area contributed by atoms with E-state index in [1.165, 1.54) is 77.6 Å². The summed E-state index contributed by atoms with van der Waals surface area (Å²) in [5.41, 5.74) is 0. The van der Waals surface area contributed by atoms with Gasteiger partial charge in [0.1, 0.15) is 6.61 Å². The largest absolute Gasteiger partial charge is 0.463 e. The molecule has 0 aliphatic carbocycles. The normalized spacial score (nSPS) is 12.3. The molecule has 3 nitrogen and oxygen atoms in total. The Morgan fingerprint density at radius 1 is 0.818 bits per heavy atom. The van der Waals surface area contributed by atoms with Crippen LogP contribution in [0.15, 0.2) is 0 Å². The second-order valence-electron chi connectivity index (χ2n) is 6.37. The SMILES string of the molecule is CCCCCCCCCCCCCCOC(C)COC(C)=O. The maximum atomic E-state index is 10.7. The molecule has 22 heavy (non-hydrogen) atoms. The second-order valence-corrected chi connectivity index (χ2v) is 6.37. The van der Waals surface area contributed by atoms with E-state index in [4.69, 9.17) is 9.47 Å². The third kappa shape index (κ3) is 17.5. The Bertz CT molecular complexity index is 241. The maximum absolute atomic E-state index is 10.7. The fourth-order valence-electron chi connectivity index (χ4n) is 2.51. The van der Waals surface area contributed by atoms with Gasteiger partial charge < -0.3 is 9.47 Å². The van der Waals surface area contributed by atoms with Gasteiger partial charge in [-0.2, -0.15) is 0 Å². The molecule has 0 radical (unpaired) electrons. The summed E-state index contributed by atoms with van der Waals surface area (Å²) in [6.45, 7) is 6.79. The Morgan fingerprint density at radius 2 is 1.27 bits per heavy atom. The van der Waals surface area contributed by atoms with Gasteiger partial charge in [0.05, 0.1) is 6.10 Å². The number of esters is 1. The Labute approximate surface area is 138 Å². The van der Waals surface area contributed by atoms with Crippen LogP contribution in [0.4, 0.5) is 0 Å². The molecule has 0 aliphatic rings. The number of rotatable bonds is 16. The Morgan fingerprint density at radius 3 is 1.73 bits per heavy atom. The minimum Gasteiger partial charge on any atom is -0.463 e. The summed E-state index contributed by atoms with van der Waals surface area (Å²) in [4.78, 5) is 10.7. The van der Waals surface area contributed by atoms with Crippen molar-refractivity contribution in [2.75, 3.05) is 13.2 Å². The summed E-state index contributed by atoms with van der Waals surface area (Å²) in [6, 6.07) is 0. The molecule has 0 fully saturated rings. The van der Waals surface area contributed by atoms with E-state index in [1.54, 1.807) is 0 Å². The zero-order valence-electron chi connectivity index (χ0n) is 15.2. The Hall–Kier alpha value is -0.570. The molecule has 132 valence electrons. The van der Waals surface area contributed by atoms with Gasteiger partial charge in [0.2, 0.25) is 0 Å². The van der Waals surface area contributed by atoms with Crippen LogP contribution < -0.4 is 0 Å². The molecule has 0 heterocycles. The van der Waals surface area contributed by atoms with E-state index in [9.17, 15) is 4.79 Å². The van der Waals surface area contributed by atoms with Crippen molar-refractivity contribution >= 4 is 5.97 Å². The molecule has 0 aromatic carbocycles. The molecule has 0 amide bonds. The van der Waals surface area contributed by atoms with E-state index in [1.807, 2.05) is 6.92 Å². The van der Waals surface area contributed by atoms with Crippen molar-refractivity contribution in [2.24, 2.45) is 0 Å². The van der Waals surface area contributed by atoms with Crippen molar-refractivity contribution in [3.8, 4) is 0 Å². The van der Waals surface area contributed by atoms with Crippen molar-refractivity contribution in [1.82, 2.24) is 0 Å². The lowest BCUT2D eigenvalue weighted by Gasteiger charge is -2.12. The molecular weight excluding hydrogens is 276 g/mol. The highest BCUT2D eigenvalue weighted by Gasteiger charge is 2.03. The van der Waals surface area contributed by atoms with Crippen LogP contribution in [0, 0.1) is 0 Å². The van der Waals surface area contributed by atoms with Crippen molar-refractivity contribution in [3.63, 3.8) is 0 Å². The molecule has 0 N–H and O–H groups in total. The molecule has 0 saturated heterocycles. The number of carbonyl (C=O) groups is 1. The number of carbonyl (C=O) groups excluding carboxylic acids is 1. The summed E-state index contributed by atoms with van der Waals surface area (Å²) in [5, 5.41) is 0. The van der Waals surface area contributed by atoms with E-state index in [-0.39, 0.29) is 12.1 Å². The summed E-state index contributed by atoms with van der Waals surface area (Å²) >= 11 is 0. The first-order chi connectivity index (χ1) is 10.7. The van der Waals surface area contributed by atoms with Crippen LogP contribution in [-0.4, -0.2) is 25.3 Å². The fraction of sp³-hybridized carbons (Fsp3) is 0.947. The number of hydrogen-bond acceptors (Lipinski definition) is 3. The van der Waals surface area contributed by atoms with E-state index in [0.717, 1.165) is 13.0 Å². The Kier molecular flexibility index (Phi) is 16.4. The fourth-order valence-corrected chi connectivity index (χ4v) is 2.51. The van der Waals surface area contributed by atoms with Gasteiger partial charge in [-0.05, 0) is 13.3 Å². The highest BCUT2D eigenvalue weighted by atomic mass is 16.6. The van der Waals surface area contributed by atoms with Gasteiger partial charge in [0, 0.05) is 13.5 Å². The summed E-state index contributed by atoms with van der Waals surface area (Å²) in [7, 11) is 0. The molecule has 0 aliphatic heterocycles. The van der Waals surface area contributed by atoms with E-state index in [0.29, 0.717) is 6.61 Å². The minimum atomic E-state index is -0.235. The molecule has 0 rings (SSSR count). The number of hydrogen-bond donors (Lipinski definition) is 0. The molecule has 0 saturated carbocycles. The van der Waals surface area contributed by atoms with Gasteiger partial charge in [-0.15, -0.1) is 0 Å². The predicted molar refractivity (Wildman–Crippen MR) is 93.1 cm³/mol. The molecule has 0 aromatic heterocycles. The average molecular weight is 315 g/mol. The molecule has 3 heteroatoms. The first-order valence-corrected chi connectivity index (χ1v) is 9.41. The van der Waals surface area contributed by atoms with Crippen molar-refractivity contribution < 1.29 is 14.3 Å². The van der Waals surface area contributed by atoms with Gasteiger partial charge in [0.25, 0.3) is 0 Å². The van der Waals surface area contributed by atoms with Gasteiger partial charge in [-0.3, -0.25) is 4.79 Å². The molecule has 1 atom stereocenters. The highest BCUT2D eigenvalue weighted by molar-refractivity contribution is 5.65. The van der Waals surface area contributed by atoms with Crippen LogP contribution in [-0.2, 0) is 14.3 Å². The van der Waals surface area contributed by atoms with Crippen LogP contribution in [0.25, 0.3) is 0 Å². The standard InChI is InChI=1S/C19H38O3/c1-4-5-6-7-8-9-10-11-12-13-14-15-16-21-18(2)17-22-19(3)20/h18H,4-17H2,1-3H3. The second kappa shape index (κ2) is 16.8. The zero-order chi connectivity index (χ0) is 16.5. The maximum Gasteiger partial charge on any atom is 0.302 e. The lowest BCUT2D eigenvalue weighted by molar-refractivity contribution is -0.144. The van der Waals surface area contributed by atoms with E-state index >= 15 is 0 Å². The lowest BCUT2D eigenvalue weighted by Crippen LogP contribution is -2.18. The van der Waals surface area contributed by atoms with Gasteiger partial charge in [0.15, 0.2) is 0 Å². The van der Waals surface area contributed by atoms with Crippen molar-refractivity contribution in [1.29, 1.82) is 0 Å². The van der Waals surface area contributed by atoms with Crippen molar-refractivity contribution in [3.05, 3.63) is 0 Å². The summed E-state index contributed by atoms with van der Waals surface area (Å²) < 4.78 is 10.5. The van der Waals surface area contributed by atoms with E-state index < -0.39 is 0 Å². The van der Waals surface area contributed by atoms with Gasteiger partial charge >= 0.3 is 5.97 Å². The smallest absolute Gasteiger partial charge is 0.302 e. The highest BCUT2D eigenvalue weighted by Crippen LogP contribution is 2.12. The lowest BCUT2D eigenvalue weighted by atomic mass is 10.1. The first-order valence-electron chi connectivity index (χ1n) is 9.41. The number of ether oxygens (including phenoxy) is 2. The van der Waals surface area contributed by atoms with E-state index in [2.05, 4.69) is 6.92 Å². The predicted octanol–water partition coefficient (Wildman–Crippen LogP) is 5.66. The average Bonchev–Trinajstić information content (AvgIpc) is 2.49. The van der Waals surface area contributed by atoms with Crippen LogP contribution in [0.1, 0.15) is 97.8 Å². The van der Waals surface area contributed by atoms with Crippen LogP contribution in [0.5, 0.6) is 0 Å². The first kappa shape index (κ1) is 21.4. The van der Waals surface area contributed by atoms with Crippen LogP contribution >= 0.6 is 0 Å². The molecule has 1 unspecified atom stereocenters. The third-order valence-corrected chi connectivity index (χ3v) is 3.92. The van der Waals surface area contributed by atoms with Crippen LogP contribution in [0.2, 0.25) is 0 Å². The zero-order valence-corrected chi connectivity index (χ0v) is 15.2.